The molecule has 4 N–H and O–H groups in total. The van der Waals surface area contributed by atoms with Gasteiger partial charge in [0.15, 0.2) is 0 Å². The van der Waals surface area contributed by atoms with Crippen LogP contribution in [-0.2, 0) is 30.5 Å². The van der Waals surface area contributed by atoms with Crippen molar-refractivity contribution in [2.75, 3.05) is 47.6 Å². The van der Waals surface area contributed by atoms with Gasteiger partial charge in [0.1, 0.15) is 40.3 Å². The first-order valence-electron chi connectivity index (χ1n) is 25.0. The van der Waals surface area contributed by atoms with Crippen LogP contribution >= 0.6 is 0 Å². The zero-order valence-electron chi connectivity index (χ0n) is 40.0. The number of anilines is 4. The molecule has 12 rings (SSSR count). The maximum Gasteiger partial charge on any atom is 0.256 e. The number of carbonyl (C=O) groups is 6. The van der Waals surface area contributed by atoms with E-state index in [0.29, 0.717) is 89.5 Å². The average Bonchev–Trinajstić information content (AvgIpc) is 4.14. The van der Waals surface area contributed by atoms with E-state index in [2.05, 4.69) is 42.1 Å². The van der Waals surface area contributed by atoms with E-state index in [9.17, 15) is 33.2 Å². The summed E-state index contributed by atoms with van der Waals surface area (Å²) >= 11 is 0. The van der Waals surface area contributed by atoms with Crippen LogP contribution in [0.5, 0.6) is 17.2 Å². The van der Waals surface area contributed by atoms with Gasteiger partial charge in [-0.1, -0.05) is 0 Å². The minimum absolute atomic E-state index is 0.125. The molecule has 2 aromatic heterocycles. The molecule has 72 heavy (non-hydrogen) atoms. The van der Waals surface area contributed by atoms with E-state index in [0.717, 1.165) is 61.1 Å². The maximum absolute atomic E-state index is 13.3. The van der Waals surface area contributed by atoms with Crippen LogP contribution in [0, 0.1) is 23.1 Å². The number of rotatable bonds is 15. The second-order valence-electron chi connectivity index (χ2n) is 20.2. The molecule has 7 aliphatic rings. The van der Waals surface area contributed by atoms with Gasteiger partial charge in [0.2, 0.25) is 29.5 Å². The Morgan fingerprint density at radius 1 is 0.819 bits per heavy atom. The van der Waals surface area contributed by atoms with E-state index < -0.39 is 35.0 Å². The van der Waals surface area contributed by atoms with Crippen LogP contribution in [-0.4, -0.2) is 100 Å². The number of hydrogen-bond donors (Lipinski definition) is 4. The van der Waals surface area contributed by atoms with Gasteiger partial charge < -0.3 is 35.2 Å². The topological polar surface area (TPSA) is 204 Å². The Hall–Kier alpha value is -7.47. The Morgan fingerprint density at radius 2 is 1.53 bits per heavy atom. The fourth-order valence-electron chi connectivity index (χ4n) is 11.6. The van der Waals surface area contributed by atoms with E-state index >= 15 is 0 Å². The lowest BCUT2D eigenvalue weighted by atomic mass is 9.70. The number of nitrogens with one attached hydrogen (secondary N) is 4. The number of halogens is 1. The second kappa shape index (κ2) is 19.3. The molecule has 3 aromatic carbocycles. The molecule has 0 radical (unpaired) electrons. The van der Waals surface area contributed by atoms with E-state index in [1.54, 1.807) is 43.6 Å². The van der Waals surface area contributed by atoms with Gasteiger partial charge in [-0.25, -0.2) is 9.37 Å². The molecule has 4 saturated heterocycles. The summed E-state index contributed by atoms with van der Waals surface area (Å²) in [5.41, 5.74) is 2.67. The fourth-order valence-corrected chi connectivity index (χ4v) is 11.6. The van der Waals surface area contributed by atoms with Crippen molar-refractivity contribution in [1.82, 2.24) is 25.1 Å². The molecular weight excluding hydrogens is 922 g/mol. The van der Waals surface area contributed by atoms with Crippen LogP contribution in [0.25, 0.3) is 10.9 Å². The number of fused-ring (bicyclic) bond motifs is 4. The lowest BCUT2D eigenvalue weighted by Crippen LogP contribution is -2.61. The molecule has 6 fully saturated rings. The maximum atomic E-state index is 13.3. The number of piperidine rings is 3. The van der Waals surface area contributed by atoms with Crippen LogP contribution in [0.15, 0.2) is 85.2 Å². The quantitative estimate of drug-likeness (QED) is 0.0609. The van der Waals surface area contributed by atoms with Crippen molar-refractivity contribution in [2.24, 2.45) is 17.3 Å². The van der Waals surface area contributed by atoms with Crippen molar-refractivity contribution >= 4 is 69.2 Å². The summed E-state index contributed by atoms with van der Waals surface area (Å²) in [6.07, 6.45) is 11.7. The number of aromatic nitrogens is 2. The number of carbonyl (C=O) groups excluding carboxylic acids is 6. The van der Waals surface area contributed by atoms with Gasteiger partial charge in [-0.3, -0.25) is 44.0 Å². The van der Waals surface area contributed by atoms with Gasteiger partial charge in [-0.15, -0.1) is 0 Å². The Bertz CT molecular complexity index is 2970. The van der Waals surface area contributed by atoms with Crippen molar-refractivity contribution in [1.29, 1.82) is 0 Å². The number of methoxy groups -OCH3 is 1. The lowest BCUT2D eigenvalue weighted by Gasteiger charge is -2.56. The van der Waals surface area contributed by atoms with Crippen molar-refractivity contribution in [3.05, 3.63) is 102 Å². The van der Waals surface area contributed by atoms with E-state index in [-0.39, 0.29) is 37.1 Å². The minimum atomic E-state index is -1.17. The molecule has 3 atom stereocenters. The lowest BCUT2D eigenvalue weighted by molar-refractivity contribution is -0.137. The molecular formula is C54H56FN9O8. The molecule has 5 aliphatic heterocycles. The number of benzene rings is 3. The normalized spacial score (nSPS) is 22.4. The fraction of sp³-hybridized carbons (Fsp3) is 0.407. The van der Waals surface area contributed by atoms with Crippen molar-refractivity contribution in [2.45, 2.75) is 95.3 Å². The number of imide groups is 1. The van der Waals surface area contributed by atoms with E-state index in [1.165, 1.54) is 48.2 Å². The first kappa shape index (κ1) is 46.9. The van der Waals surface area contributed by atoms with Crippen LogP contribution in [0.3, 0.4) is 0 Å². The predicted octanol–water partition coefficient (Wildman–Crippen LogP) is 7.18. The highest BCUT2D eigenvalue weighted by Crippen LogP contribution is 2.48. The first-order chi connectivity index (χ1) is 34.9. The van der Waals surface area contributed by atoms with Gasteiger partial charge in [0, 0.05) is 80.3 Å². The minimum Gasteiger partial charge on any atom is -0.495 e. The second-order valence-corrected chi connectivity index (χ2v) is 20.2. The number of hydrogen-bond acceptors (Lipinski definition) is 12. The number of ether oxygens (including phenoxy) is 2. The van der Waals surface area contributed by atoms with Crippen molar-refractivity contribution in [3.8, 4) is 17.2 Å². The SMILES string of the molecule is COc1cc2c(Oc3ccc(NC(=O)C4(C(=O)Nc5ccc(F)cc5)CC4)cc3)ccnc2cc1N1CCC(CC2CC3CC(C2)N3CCC(=O)Nc2cc3c(cn2)C(=O)N(C2CCC(=O)NC2=O)C3)CC1. The number of amides is 6. The molecule has 17 nitrogen and oxygen atoms in total. The number of pyridine rings is 2. The van der Waals surface area contributed by atoms with Crippen molar-refractivity contribution in [3.63, 3.8) is 0 Å². The highest BCUT2D eigenvalue weighted by Gasteiger charge is 2.56. The van der Waals surface area contributed by atoms with Gasteiger partial charge in [-0.2, -0.15) is 0 Å². The van der Waals surface area contributed by atoms with Crippen LogP contribution < -0.4 is 35.6 Å². The van der Waals surface area contributed by atoms with Crippen LogP contribution in [0.4, 0.5) is 27.3 Å². The molecule has 18 heteroatoms. The Labute approximate surface area is 415 Å². The molecule has 0 spiro atoms. The van der Waals surface area contributed by atoms with Gasteiger partial charge >= 0.3 is 0 Å². The van der Waals surface area contributed by atoms with Crippen LogP contribution in [0.1, 0.15) is 86.6 Å². The Morgan fingerprint density at radius 3 is 2.21 bits per heavy atom. The smallest absolute Gasteiger partial charge is 0.256 e. The summed E-state index contributed by atoms with van der Waals surface area (Å²) in [7, 11) is 1.68. The average molecular weight is 978 g/mol. The standard InChI is InChI=1S/C54H56FN9O8/c1-71-46-27-40-42(56-18-12-45(40)72-39-8-6-36(7-9-39)59-53(70)54(16-17-54)52(69)58-35-4-2-34(55)3-5-35)28-44(46)62-19-13-31(14-20-62)22-32-23-37-26-38(24-32)63(37)21-15-49(66)60-47-25-33-30-64(51(68)41(33)29-57-47)43-10-11-48(65)61-50(43)67/h2-9,12,18,25,27-29,31-32,37-38,43H,10-11,13-17,19-24,26,30H2,1H3,(H,58,69)(H,59,70)(H,57,60,66)(H,61,65,67). The molecule has 5 aromatic rings. The summed E-state index contributed by atoms with van der Waals surface area (Å²) in [6.45, 7) is 2.75. The Balaban J connectivity index is 0.632. The molecule has 3 unspecified atom stereocenters. The summed E-state index contributed by atoms with van der Waals surface area (Å²) < 4.78 is 25.7. The zero-order chi connectivity index (χ0) is 49.7. The van der Waals surface area contributed by atoms with Gasteiger partial charge in [-0.05, 0) is 148 Å². The molecule has 6 amide bonds. The molecule has 372 valence electrons. The summed E-state index contributed by atoms with van der Waals surface area (Å²) in [6, 6.07) is 20.3. The Kier molecular flexibility index (Phi) is 12.6. The highest BCUT2D eigenvalue weighted by atomic mass is 19.1. The monoisotopic (exact) mass is 977 g/mol. The molecule has 2 bridgehead atoms. The molecule has 7 heterocycles. The molecule has 2 aliphatic carbocycles. The third-order valence-electron chi connectivity index (χ3n) is 15.7. The van der Waals surface area contributed by atoms with Crippen LogP contribution in [0.2, 0.25) is 0 Å². The van der Waals surface area contributed by atoms with Crippen molar-refractivity contribution < 1.29 is 42.6 Å². The van der Waals surface area contributed by atoms with Gasteiger partial charge in [0.25, 0.3) is 5.91 Å². The largest absolute Gasteiger partial charge is 0.495 e. The van der Waals surface area contributed by atoms with E-state index in [1.807, 2.05) is 12.1 Å². The third kappa shape index (κ3) is 9.42. The first-order valence-corrected chi connectivity index (χ1v) is 25.0. The summed E-state index contributed by atoms with van der Waals surface area (Å²) in [4.78, 5) is 91.9. The summed E-state index contributed by atoms with van der Waals surface area (Å²) in [5.74, 6) is 1.16. The highest BCUT2D eigenvalue weighted by molar-refractivity contribution is 6.17. The zero-order valence-corrected chi connectivity index (χ0v) is 40.0. The number of nitrogens with zero attached hydrogens (tertiary/aromatic N) is 5. The third-order valence-corrected chi connectivity index (χ3v) is 15.7. The van der Waals surface area contributed by atoms with Gasteiger partial charge in [0.05, 0.1) is 23.9 Å². The molecule has 2 saturated carbocycles. The predicted molar refractivity (Wildman–Crippen MR) is 265 cm³/mol. The van der Waals surface area contributed by atoms with E-state index in [4.69, 9.17) is 14.5 Å². The summed E-state index contributed by atoms with van der Waals surface area (Å²) in [5, 5.41) is 11.6.